The zero-order valence-corrected chi connectivity index (χ0v) is 18.7. The van der Waals surface area contributed by atoms with Crippen molar-refractivity contribution in [3.05, 3.63) is 115 Å². The Balaban J connectivity index is 1.85. The zero-order chi connectivity index (χ0) is 26.3. The van der Waals surface area contributed by atoms with E-state index in [0.717, 1.165) is 10.8 Å². The second-order valence-electron chi connectivity index (χ2n) is 8.03. The van der Waals surface area contributed by atoms with Crippen LogP contribution in [0.2, 0.25) is 0 Å². The van der Waals surface area contributed by atoms with Crippen LogP contribution in [-0.2, 0) is 0 Å². The summed E-state index contributed by atoms with van der Waals surface area (Å²) in [6, 6.07) is 22.0. The molecule has 11 heteroatoms. The number of hydrogen-bond donors (Lipinski definition) is 1. The van der Waals surface area contributed by atoms with E-state index in [2.05, 4.69) is 0 Å². The molecule has 0 spiro atoms. The lowest BCUT2D eigenvalue weighted by Crippen LogP contribution is -2.02. The number of phenols is 1. The molecule has 5 aromatic rings. The van der Waals surface area contributed by atoms with Crippen LogP contribution in [0.3, 0.4) is 0 Å². The molecule has 0 saturated heterocycles. The Labute approximate surface area is 207 Å². The molecule has 5 aromatic carbocycles. The molecule has 0 amide bonds. The lowest BCUT2D eigenvalue weighted by molar-refractivity contribution is -0.404. The fourth-order valence-corrected chi connectivity index (χ4v) is 4.29. The summed E-state index contributed by atoms with van der Waals surface area (Å²) >= 11 is 0. The summed E-state index contributed by atoms with van der Waals surface area (Å²) in [5.74, 6) is -0.894. The van der Waals surface area contributed by atoms with Gasteiger partial charge in [0, 0.05) is 11.1 Å². The van der Waals surface area contributed by atoms with Gasteiger partial charge in [0.25, 0.3) is 11.4 Å². The van der Waals surface area contributed by atoms with Crippen molar-refractivity contribution in [2.75, 3.05) is 0 Å². The molecule has 0 aromatic heterocycles. The first-order chi connectivity index (χ1) is 17.8. The van der Waals surface area contributed by atoms with Gasteiger partial charge in [-0.25, -0.2) is 0 Å². The van der Waals surface area contributed by atoms with Crippen molar-refractivity contribution in [1.29, 1.82) is 0 Å². The smallest absolute Gasteiger partial charge is 0.325 e. The largest absolute Gasteiger partial charge is 0.507 e. The number of nitro groups is 3. The summed E-state index contributed by atoms with van der Waals surface area (Å²) in [5, 5.41) is 48.6. The predicted molar refractivity (Wildman–Crippen MR) is 135 cm³/mol. The number of hydrogen-bond acceptors (Lipinski definition) is 8. The van der Waals surface area contributed by atoms with E-state index in [0.29, 0.717) is 34.0 Å². The molecule has 0 bridgehead atoms. The van der Waals surface area contributed by atoms with E-state index in [9.17, 15) is 35.4 Å². The van der Waals surface area contributed by atoms with Gasteiger partial charge in [-0.2, -0.15) is 0 Å². The number of phenolic OH excluding ortho intramolecular Hbond substituents is 1. The van der Waals surface area contributed by atoms with Gasteiger partial charge in [-0.05, 0) is 33.7 Å². The van der Waals surface area contributed by atoms with E-state index in [1.807, 2.05) is 24.3 Å². The molecule has 1 N–H and O–H groups in total. The number of nitro benzene ring substituents is 3. The van der Waals surface area contributed by atoms with Gasteiger partial charge in [0.2, 0.25) is 0 Å². The van der Waals surface area contributed by atoms with Crippen molar-refractivity contribution in [3.8, 4) is 28.4 Å². The predicted octanol–water partition coefficient (Wildman–Crippen LogP) is 6.88. The standard InChI is InChI=1S/C26H15N3O8/c30-22-11-9-15-5-1-3-7-18(15)24(22)25-19-8-4-2-6-16(19)10-12-23(25)37-26-20(28(33)34)13-17(27(31)32)14-21(26)29(35)36/h1-14,30H. The topological polar surface area (TPSA) is 159 Å². The number of aromatic hydroxyl groups is 1. The summed E-state index contributed by atoms with van der Waals surface area (Å²) in [5.41, 5.74) is -2.01. The molecule has 0 saturated carbocycles. The maximum absolute atomic E-state index is 11.8. The van der Waals surface area contributed by atoms with Crippen LogP contribution < -0.4 is 4.74 Å². The number of rotatable bonds is 6. The molecule has 0 radical (unpaired) electrons. The average molecular weight is 497 g/mol. The van der Waals surface area contributed by atoms with Crippen LogP contribution in [-0.4, -0.2) is 19.9 Å². The van der Waals surface area contributed by atoms with E-state index in [1.165, 1.54) is 12.1 Å². The molecular weight excluding hydrogens is 482 g/mol. The Morgan fingerprint density at radius 2 is 1.14 bits per heavy atom. The van der Waals surface area contributed by atoms with Crippen LogP contribution in [0.5, 0.6) is 17.2 Å². The van der Waals surface area contributed by atoms with Crippen LogP contribution in [0.15, 0.2) is 84.9 Å². The van der Waals surface area contributed by atoms with Gasteiger partial charge in [-0.1, -0.05) is 60.7 Å². The molecule has 0 unspecified atom stereocenters. The lowest BCUT2D eigenvalue weighted by Gasteiger charge is -2.17. The van der Waals surface area contributed by atoms with Crippen LogP contribution in [0, 0.1) is 30.3 Å². The number of nitrogens with zero attached hydrogens (tertiary/aromatic N) is 3. The van der Waals surface area contributed by atoms with Crippen LogP contribution in [0.25, 0.3) is 32.7 Å². The van der Waals surface area contributed by atoms with Crippen LogP contribution >= 0.6 is 0 Å². The molecule has 0 fully saturated rings. The minimum absolute atomic E-state index is 0.0228. The Morgan fingerprint density at radius 3 is 1.68 bits per heavy atom. The monoisotopic (exact) mass is 497 g/mol. The quantitative estimate of drug-likeness (QED) is 0.196. The van der Waals surface area contributed by atoms with Gasteiger partial charge < -0.3 is 9.84 Å². The summed E-state index contributed by atoms with van der Waals surface area (Å²) in [7, 11) is 0. The van der Waals surface area contributed by atoms with E-state index in [-0.39, 0.29) is 11.5 Å². The highest BCUT2D eigenvalue weighted by Gasteiger charge is 2.33. The third-order valence-corrected chi connectivity index (χ3v) is 5.90. The highest BCUT2D eigenvalue weighted by atomic mass is 16.6. The van der Waals surface area contributed by atoms with Gasteiger partial charge in [-0.3, -0.25) is 30.3 Å². The molecule has 11 nitrogen and oxygen atoms in total. The molecule has 37 heavy (non-hydrogen) atoms. The number of non-ortho nitro benzene ring substituents is 1. The summed E-state index contributed by atoms with van der Waals surface area (Å²) in [6.07, 6.45) is 0. The maximum Gasteiger partial charge on any atom is 0.325 e. The van der Waals surface area contributed by atoms with Crippen molar-refractivity contribution in [2.45, 2.75) is 0 Å². The first-order valence-corrected chi connectivity index (χ1v) is 10.8. The molecule has 182 valence electrons. The van der Waals surface area contributed by atoms with Crippen molar-refractivity contribution in [2.24, 2.45) is 0 Å². The summed E-state index contributed by atoms with van der Waals surface area (Å²) in [4.78, 5) is 31.9. The molecule has 0 aliphatic carbocycles. The highest BCUT2D eigenvalue weighted by molar-refractivity contribution is 6.09. The third kappa shape index (κ3) is 4.00. The van der Waals surface area contributed by atoms with Gasteiger partial charge >= 0.3 is 11.4 Å². The van der Waals surface area contributed by atoms with Gasteiger partial charge in [0.15, 0.2) is 0 Å². The highest BCUT2D eigenvalue weighted by Crippen LogP contribution is 2.49. The van der Waals surface area contributed by atoms with E-state index < -0.39 is 37.6 Å². The number of fused-ring (bicyclic) bond motifs is 2. The molecule has 0 atom stereocenters. The minimum Gasteiger partial charge on any atom is -0.507 e. The third-order valence-electron chi connectivity index (χ3n) is 5.90. The van der Waals surface area contributed by atoms with Crippen molar-refractivity contribution >= 4 is 38.6 Å². The molecule has 0 aliphatic heterocycles. The Morgan fingerprint density at radius 1 is 0.622 bits per heavy atom. The normalized spacial score (nSPS) is 10.9. The SMILES string of the molecule is O=[N+]([O-])c1cc([N+](=O)[O-])c(Oc2ccc3ccccc3c2-c2c(O)ccc3ccccc23)c([N+](=O)[O-])c1. The van der Waals surface area contributed by atoms with E-state index in [4.69, 9.17) is 4.74 Å². The number of benzene rings is 5. The lowest BCUT2D eigenvalue weighted by atomic mass is 9.92. The molecule has 0 aliphatic rings. The fraction of sp³-hybridized carbons (Fsp3) is 0. The fourth-order valence-electron chi connectivity index (χ4n) is 4.29. The molecular formula is C26H15N3O8. The van der Waals surface area contributed by atoms with Crippen LogP contribution in [0.4, 0.5) is 17.1 Å². The first kappa shape index (κ1) is 23.2. The van der Waals surface area contributed by atoms with Gasteiger partial charge in [0.05, 0.1) is 26.9 Å². The first-order valence-electron chi connectivity index (χ1n) is 10.8. The second kappa shape index (κ2) is 8.89. The van der Waals surface area contributed by atoms with Crippen LogP contribution in [0.1, 0.15) is 0 Å². The Bertz CT molecular complexity index is 1730. The maximum atomic E-state index is 11.8. The van der Waals surface area contributed by atoms with E-state index >= 15 is 0 Å². The van der Waals surface area contributed by atoms with Crippen molar-refractivity contribution < 1.29 is 24.6 Å². The average Bonchev–Trinajstić information content (AvgIpc) is 2.88. The number of ether oxygens (including phenoxy) is 1. The Hall–Kier alpha value is -5.58. The van der Waals surface area contributed by atoms with E-state index in [1.54, 1.807) is 36.4 Å². The Kier molecular flexibility index (Phi) is 5.57. The molecule has 5 rings (SSSR count). The summed E-state index contributed by atoms with van der Waals surface area (Å²) < 4.78 is 5.88. The van der Waals surface area contributed by atoms with Crippen molar-refractivity contribution in [3.63, 3.8) is 0 Å². The van der Waals surface area contributed by atoms with Gasteiger partial charge in [0.1, 0.15) is 11.5 Å². The van der Waals surface area contributed by atoms with Crippen molar-refractivity contribution in [1.82, 2.24) is 0 Å². The minimum atomic E-state index is -0.981. The second-order valence-corrected chi connectivity index (χ2v) is 8.03. The van der Waals surface area contributed by atoms with Gasteiger partial charge in [-0.15, -0.1) is 0 Å². The molecule has 0 heterocycles. The zero-order valence-electron chi connectivity index (χ0n) is 18.7. The summed E-state index contributed by atoms with van der Waals surface area (Å²) in [6.45, 7) is 0.